The topological polar surface area (TPSA) is 77.2 Å². The molecule has 0 aliphatic rings. The van der Waals surface area contributed by atoms with Gasteiger partial charge in [0.05, 0.1) is 5.75 Å². The molecule has 0 saturated carbocycles. The number of carbonyl (C=O) groups is 1. The summed E-state index contributed by atoms with van der Waals surface area (Å²) in [5, 5.41) is 0. The summed E-state index contributed by atoms with van der Waals surface area (Å²) >= 11 is 5.86. The molecule has 0 radical (unpaired) electrons. The van der Waals surface area contributed by atoms with Gasteiger partial charge in [0, 0.05) is 11.3 Å². The first-order valence-corrected chi connectivity index (χ1v) is 7.96. The van der Waals surface area contributed by atoms with Gasteiger partial charge in [-0.05, 0) is 44.0 Å². The van der Waals surface area contributed by atoms with Crippen molar-refractivity contribution in [3.8, 4) is 0 Å². The van der Waals surface area contributed by atoms with Crippen molar-refractivity contribution in [3.05, 3.63) is 29.8 Å². The molecule has 0 aliphatic heterocycles. The molecular weight excluding hydrogens is 374 g/mol. The molecule has 0 aromatic heterocycles. The Morgan fingerprint density at radius 3 is 2.47 bits per heavy atom. The Kier molecular flexibility index (Phi) is 4.38. The number of carbonyl (C=O) groups excluding carboxylic acids is 1. The molecule has 94 valence electrons. The van der Waals surface area contributed by atoms with Gasteiger partial charge in [0.15, 0.2) is 9.84 Å². The number of sulfone groups is 1. The number of nitrogens with two attached hydrogens (primary N) is 1. The van der Waals surface area contributed by atoms with E-state index in [2.05, 4.69) is 31.9 Å². The van der Waals surface area contributed by atoms with Crippen LogP contribution in [0.25, 0.3) is 0 Å². The van der Waals surface area contributed by atoms with Crippen molar-refractivity contribution in [2.24, 2.45) is 0 Å². The molecule has 1 rings (SSSR count). The van der Waals surface area contributed by atoms with E-state index in [9.17, 15) is 13.2 Å². The van der Waals surface area contributed by atoms with E-state index in [0.29, 0.717) is 5.69 Å². The highest BCUT2D eigenvalue weighted by molar-refractivity contribution is 9.28. The van der Waals surface area contributed by atoms with Gasteiger partial charge < -0.3 is 5.73 Å². The van der Waals surface area contributed by atoms with Gasteiger partial charge in [0.2, 0.25) is 8.35 Å². The minimum absolute atomic E-state index is 0.155. The third-order valence-corrected chi connectivity index (χ3v) is 7.59. The highest BCUT2D eigenvalue weighted by Crippen LogP contribution is 2.37. The molecule has 0 aliphatic carbocycles. The lowest BCUT2D eigenvalue weighted by Crippen LogP contribution is -2.35. The zero-order valence-corrected chi connectivity index (χ0v) is 13.0. The van der Waals surface area contributed by atoms with Crippen molar-refractivity contribution in [3.63, 3.8) is 0 Å². The van der Waals surface area contributed by atoms with Gasteiger partial charge in [-0.1, -0.05) is 19.1 Å². The summed E-state index contributed by atoms with van der Waals surface area (Å²) in [6, 6.07) is 6.17. The number of anilines is 1. The van der Waals surface area contributed by atoms with Crippen molar-refractivity contribution in [2.45, 2.75) is 9.49 Å². The number of nitrogen functional groups attached to an aromatic ring is 1. The average molecular weight is 385 g/mol. The van der Waals surface area contributed by atoms with Crippen LogP contribution in [-0.2, 0) is 9.84 Å². The molecule has 4 nitrogen and oxygen atoms in total. The Hall–Kier alpha value is -0.400. The summed E-state index contributed by atoms with van der Waals surface area (Å²) < 4.78 is 21.8. The molecule has 0 unspecified atom stereocenters. The molecule has 0 bridgehead atoms. The van der Waals surface area contributed by atoms with Gasteiger partial charge in [-0.2, -0.15) is 0 Å². The van der Waals surface area contributed by atoms with Crippen molar-refractivity contribution >= 4 is 53.2 Å². The SMILES string of the molecule is CCS(=O)(=O)C(Br)(Br)C(=O)c1cccc(N)c1. The van der Waals surface area contributed by atoms with Crippen LogP contribution in [0.15, 0.2) is 24.3 Å². The van der Waals surface area contributed by atoms with Crippen LogP contribution in [0.3, 0.4) is 0 Å². The van der Waals surface area contributed by atoms with Crippen LogP contribution in [-0.4, -0.2) is 22.5 Å². The molecule has 2 N–H and O–H groups in total. The monoisotopic (exact) mass is 383 g/mol. The number of hydrogen-bond acceptors (Lipinski definition) is 4. The maximum Gasteiger partial charge on any atom is 0.243 e. The lowest BCUT2D eigenvalue weighted by molar-refractivity contribution is 0.100. The van der Waals surface area contributed by atoms with E-state index in [1.54, 1.807) is 12.1 Å². The van der Waals surface area contributed by atoms with Crippen LogP contribution < -0.4 is 5.73 Å². The van der Waals surface area contributed by atoms with Crippen LogP contribution >= 0.6 is 31.9 Å². The Morgan fingerprint density at radius 2 is 2.00 bits per heavy atom. The average Bonchev–Trinajstić information content (AvgIpc) is 2.27. The molecule has 17 heavy (non-hydrogen) atoms. The van der Waals surface area contributed by atoms with Crippen molar-refractivity contribution < 1.29 is 13.2 Å². The highest BCUT2D eigenvalue weighted by Gasteiger charge is 2.45. The Morgan fingerprint density at radius 1 is 1.41 bits per heavy atom. The second-order valence-corrected chi connectivity index (χ2v) is 10.3. The molecule has 0 saturated heterocycles. The van der Waals surface area contributed by atoms with Crippen molar-refractivity contribution in [1.82, 2.24) is 0 Å². The lowest BCUT2D eigenvalue weighted by atomic mass is 10.1. The van der Waals surface area contributed by atoms with Crippen LogP contribution in [0.5, 0.6) is 0 Å². The van der Waals surface area contributed by atoms with Crippen LogP contribution in [0.2, 0.25) is 0 Å². The van der Waals surface area contributed by atoms with Gasteiger partial charge >= 0.3 is 0 Å². The second-order valence-electron chi connectivity index (χ2n) is 3.37. The summed E-state index contributed by atoms with van der Waals surface area (Å²) in [6.07, 6.45) is 0. The summed E-state index contributed by atoms with van der Waals surface area (Å²) in [5.41, 5.74) is 6.18. The van der Waals surface area contributed by atoms with E-state index in [1.807, 2.05) is 0 Å². The largest absolute Gasteiger partial charge is 0.399 e. The number of benzene rings is 1. The lowest BCUT2D eigenvalue weighted by Gasteiger charge is -2.18. The molecule has 0 heterocycles. The first-order chi connectivity index (χ1) is 7.72. The summed E-state index contributed by atoms with van der Waals surface area (Å²) in [5.74, 6) is -0.746. The molecule has 7 heteroatoms. The summed E-state index contributed by atoms with van der Waals surface area (Å²) in [4.78, 5) is 12.1. The molecular formula is C10H11Br2NO3S. The first kappa shape index (κ1) is 14.7. The van der Waals surface area contributed by atoms with Crippen LogP contribution in [0, 0.1) is 0 Å². The minimum atomic E-state index is -3.61. The maximum absolute atomic E-state index is 12.1. The molecule has 0 spiro atoms. The summed E-state index contributed by atoms with van der Waals surface area (Å²) in [7, 11) is -3.61. The fourth-order valence-corrected chi connectivity index (χ4v) is 3.76. The van der Waals surface area contributed by atoms with Crippen molar-refractivity contribution in [2.75, 3.05) is 11.5 Å². The molecule has 0 amide bonds. The molecule has 1 aromatic carbocycles. The zero-order chi connectivity index (χ0) is 13.3. The predicted octanol–water partition coefficient (Wildman–Crippen LogP) is 2.33. The quantitative estimate of drug-likeness (QED) is 0.491. The Balaban J connectivity index is 3.23. The highest BCUT2D eigenvalue weighted by atomic mass is 79.9. The zero-order valence-electron chi connectivity index (χ0n) is 8.98. The van der Waals surface area contributed by atoms with Gasteiger partial charge in [-0.3, -0.25) is 4.79 Å². The number of ketones is 1. The number of hydrogen-bond donors (Lipinski definition) is 1. The second kappa shape index (κ2) is 5.07. The fourth-order valence-electron chi connectivity index (χ4n) is 1.17. The van der Waals surface area contributed by atoms with Gasteiger partial charge in [0.1, 0.15) is 0 Å². The van der Waals surface area contributed by atoms with Crippen LogP contribution in [0.4, 0.5) is 5.69 Å². The van der Waals surface area contributed by atoms with E-state index < -0.39 is 18.2 Å². The normalized spacial score (nSPS) is 12.4. The van der Waals surface area contributed by atoms with E-state index in [1.165, 1.54) is 19.1 Å². The van der Waals surface area contributed by atoms with Crippen LogP contribution in [0.1, 0.15) is 17.3 Å². The fraction of sp³-hybridized carbons (Fsp3) is 0.300. The Bertz CT molecular complexity index is 540. The number of alkyl halides is 2. The van der Waals surface area contributed by atoms with Crippen molar-refractivity contribution in [1.29, 1.82) is 0 Å². The third kappa shape index (κ3) is 2.89. The third-order valence-electron chi connectivity index (χ3n) is 2.18. The summed E-state index contributed by atoms with van der Waals surface area (Å²) in [6.45, 7) is 1.47. The van der Waals surface area contributed by atoms with Gasteiger partial charge in [0.25, 0.3) is 0 Å². The standard InChI is InChI=1S/C10H11Br2NO3S/c1-2-17(15,16)10(11,12)9(14)7-4-3-5-8(13)6-7/h3-6H,2,13H2,1H3. The number of halogens is 2. The maximum atomic E-state index is 12.1. The van der Waals surface area contributed by atoms with E-state index in [-0.39, 0.29) is 11.3 Å². The Labute approximate surface area is 117 Å². The van der Waals surface area contributed by atoms with Gasteiger partial charge in [-0.25, -0.2) is 8.42 Å². The number of rotatable bonds is 4. The molecule has 0 fully saturated rings. The molecule has 0 atom stereocenters. The first-order valence-electron chi connectivity index (χ1n) is 4.73. The van der Waals surface area contributed by atoms with E-state index in [4.69, 9.17) is 5.73 Å². The van der Waals surface area contributed by atoms with E-state index >= 15 is 0 Å². The van der Waals surface area contributed by atoms with E-state index in [0.717, 1.165) is 0 Å². The minimum Gasteiger partial charge on any atom is -0.399 e. The van der Waals surface area contributed by atoms with Gasteiger partial charge in [-0.15, -0.1) is 0 Å². The predicted molar refractivity (Wildman–Crippen MR) is 75.2 cm³/mol. The smallest absolute Gasteiger partial charge is 0.243 e. The number of Topliss-reactive ketones (excluding diaryl/α,β-unsaturated/α-hetero) is 1. The molecule has 1 aromatic rings.